The highest BCUT2D eigenvalue weighted by Gasteiger charge is 2.27. The second kappa shape index (κ2) is 13.5. The molecule has 0 amide bonds. The maximum Gasteiger partial charge on any atom is 0.243 e. The van der Waals surface area contributed by atoms with E-state index in [1.54, 1.807) is 37.6 Å². The van der Waals surface area contributed by atoms with Crippen LogP contribution in [0.15, 0.2) is 65.8 Å². The number of halogens is 3. The summed E-state index contributed by atoms with van der Waals surface area (Å²) in [5, 5.41) is 1.55. The van der Waals surface area contributed by atoms with Crippen LogP contribution >= 0.6 is 24.8 Å². The van der Waals surface area contributed by atoms with Crippen LogP contribution in [-0.2, 0) is 16.4 Å². The number of piperidine rings is 1. The van der Waals surface area contributed by atoms with E-state index >= 15 is 0 Å². The monoisotopic (exact) mass is 541 g/mol. The molecule has 0 aliphatic carbocycles. The van der Waals surface area contributed by atoms with E-state index in [0.717, 1.165) is 62.5 Å². The standard InChI is InChI=1S/C26H32FN3O2S.2ClH/c1-29(33(31,32)26-7-4-6-23-19-28-15-12-25(23)26)20-22-13-17-30(18-14-22)16-3-2-5-21-8-10-24(27)11-9-21;;/h4,6-12,15,19,22H,2-3,5,13-14,16-18,20H2,1H3;2*1H. The number of unbranched alkanes of at least 4 members (excludes halogenated alkanes) is 1. The summed E-state index contributed by atoms with van der Waals surface area (Å²) < 4.78 is 41.1. The SMILES string of the molecule is CN(CC1CCN(CCCCc2ccc(F)cc2)CC1)S(=O)(=O)c1cccc2cnccc12.Cl.Cl. The normalized spacial score (nSPS) is 15.1. The lowest BCUT2D eigenvalue weighted by atomic mass is 9.96. The van der Waals surface area contributed by atoms with Crippen LogP contribution in [0, 0.1) is 11.7 Å². The van der Waals surface area contributed by atoms with Crippen LogP contribution in [0.5, 0.6) is 0 Å². The molecule has 1 aromatic heterocycles. The van der Waals surface area contributed by atoms with Gasteiger partial charge < -0.3 is 4.90 Å². The molecule has 2 heterocycles. The Balaban J connectivity index is 0.00000216. The molecule has 0 N–H and O–H groups in total. The van der Waals surface area contributed by atoms with Gasteiger partial charge in [-0.25, -0.2) is 17.1 Å². The summed E-state index contributed by atoms with van der Waals surface area (Å²) in [6.07, 6.45) is 8.54. The molecule has 0 atom stereocenters. The van der Waals surface area contributed by atoms with Gasteiger partial charge in [0.2, 0.25) is 10.0 Å². The molecule has 0 saturated carbocycles. The molecule has 0 spiro atoms. The lowest BCUT2D eigenvalue weighted by Gasteiger charge is -2.33. The number of nitrogens with zero attached hydrogens (tertiary/aromatic N) is 3. The van der Waals surface area contributed by atoms with E-state index in [4.69, 9.17) is 0 Å². The van der Waals surface area contributed by atoms with Crippen LogP contribution in [0.4, 0.5) is 4.39 Å². The van der Waals surface area contributed by atoms with Gasteiger partial charge in [0.05, 0.1) is 4.90 Å². The zero-order valence-electron chi connectivity index (χ0n) is 20.0. The molecular formula is C26H34Cl2FN3O2S. The van der Waals surface area contributed by atoms with Crippen LogP contribution in [-0.4, -0.2) is 55.8 Å². The zero-order chi connectivity index (χ0) is 23.3. The van der Waals surface area contributed by atoms with Crippen LogP contribution < -0.4 is 0 Å². The van der Waals surface area contributed by atoms with Gasteiger partial charge in [0.25, 0.3) is 0 Å². The largest absolute Gasteiger partial charge is 0.303 e. The van der Waals surface area contributed by atoms with Crippen molar-refractivity contribution >= 4 is 45.6 Å². The molecule has 0 unspecified atom stereocenters. The highest BCUT2D eigenvalue weighted by atomic mass is 35.5. The molecule has 35 heavy (non-hydrogen) atoms. The van der Waals surface area contributed by atoms with Crippen LogP contribution in [0.3, 0.4) is 0 Å². The Labute approximate surface area is 220 Å². The lowest BCUT2D eigenvalue weighted by molar-refractivity contribution is 0.170. The molecule has 9 heteroatoms. The fourth-order valence-corrected chi connectivity index (χ4v) is 6.11. The molecule has 1 aliphatic rings. The fraction of sp³-hybridized carbons (Fsp3) is 0.423. The van der Waals surface area contributed by atoms with Gasteiger partial charge in [-0.3, -0.25) is 4.98 Å². The Morgan fingerprint density at radius 2 is 1.74 bits per heavy atom. The first-order valence-corrected chi connectivity index (χ1v) is 13.1. The average Bonchev–Trinajstić information content (AvgIpc) is 2.83. The molecule has 192 valence electrons. The molecule has 1 aliphatic heterocycles. The second-order valence-corrected chi connectivity index (χ2v) is 11.0. The average molecular weight is 543 g/mol. The topological polar surface area (TPSA) is 53.5 Å². The van der Waals surface area contributed by atoms with Gasteiger partial charge in [0.15, 0.2) is 0 Å². The molecular weight excluding hydrogens is 508 g/mol. The van der Waals surface area contributed by atoms with Crippen molar-refractivity contribution in [1.82, 2.24) is 14.2 Å². The second-order valence-electron chi connectivity index (χ2n) is 9.01. The quantitative estimate of drug-likeness (QED) is 0.332. The summed E-state index contributed by atoms with van der Waals surface area (Å²) in [6, 6.07) is 13.9. The molecule has 5 nitrogen and oxygen atoms in total. The Hall–Kier alpha value is -1.77. The zero-order valence-corrected chi connectivity index (χ0v) is 22.4. The molecule has 4 rings (SSSR count). The van der Waals surface area contributed by atoms with Gasteiger partial charge in [-0.05, 0) is 87.5 Å². The first kappa shape index (κ1) is 29.5. The van der Waals surface area contributed by atoms with Gasteiger partial charge in [-0.1, -0.05) is 24.3 Å². The molecule has 1 fully saturated rings. The van der Waals surface area contributed by atoms with E-state index in [2.05, 4.69) is 9.88 Å². The number of hydrogen-bond acceptors (Lipinski definition) is 4. The fourth-order valence-electron chi connectivity index (χ4n) is 4.66. The predicted octanol–water partition coefficient (Wildman–Crippen LogP) is 5.57. The summed E-state index contributed by atoms with van der Waals surface area (Å²) >= 11 is 0. The summed E-state index contributed by atoms with van der Waals surface area (Å²) in [5.41, 5.74) is 1.18. The number of aromatic nitrogens is 1. The first-order valence-electron chi connectivity index (χ1n) is 11.7. The van der Waals surface area contributed by atoms with Crippen molar-refractivity contribution in [3.63, 3.8) is 0 Å². The number of sulfonamides is 1. The van der Waals surface area contributed by atoms with Crippen molar-refractivity contribution in [2.24, 2.45) is 5.92 Å². The van der Waals surface area contributed by atoms with E-state index in [1.807, 2.05) is 18.2 Å². The summed E-state index contributed by atoms with van der Waals surface area (Å²) in [5.74, 6) is 0.186. The van der Waals surface area contributed by atoms with Crippen molar-refractivity contribution in [3.8, 4) is 0 Å². The van der Waals surface area contributed by atoms with Crippen LogP contribution in [0.2, 0.25) is 0 Å². The maximum atomic E-state index is 13.3. The van der Waals surface area contributed by atoms with Gasteiger partial charge in [0, 0.05) is 36.8 Å². The minimum absolute atomic E-state index is 0. The summed E-state index contributed by atoms with van der Waals surface area (Å²) in [4.78, 5) is 6.93. The van der Waals surface area contributed by atoms with Gasteiger partial charge in [0.1, 0.15) is 5.82 Å². The highest BCUT2D eigenvalue weighted by Crippen LogP contribution is 2.26. The van der Waals surface area contributed by atoms with E-state index in [9.17, 15) is 12.8 Å². The van der Waals surface area contributed by atoms with E-state index in [0.29, 0.717) is 17.4 Å². The van der Waals surface area contributed by atoms with Crippen molar-refractivity contribution < 1.29 is 12.8 Å². The van der Waals surface area contributed by atoms with Gasteiger partial charge in [-0.15, -0.1) is 24.8 Å². The molecule has 2 aromatic carbocycles. The van der Waals surface area contributed by atoms with Gasteiger partial charge in [-0.2, -0.15) is 0 Å². The Bertz CT molecular complexity index is 1170. The highest BCUT2D eigenvalue weighted by molar-refractivity contribution is 7.89. The molecule has 0 bridgehead atoms. The number of aryl methyl sites for hydroxylation is 1. The van der Waals surface area contributed by atoms with Crippen LogP contribution in [0.25, 0.3) is 10.8 Å². The number of rotatable bonds is 9. The van der Waals surface area contributed by atoms with Crippen LogP contribution in [0.1, 0.15) is 31.2 Å². The third-order valence-corrected chi connectivity index (χ3v) is 8.54. The molecule has 3 aromatic rings. The van der Waals surface area contributed by atoms with Crippen molar-refractivity contribution in [3.05, 3.63) is 72.3 Å². The number of hydrogen-bond donors (Lipinski definition) is 0. The number of benzene rings is 2. The Morgan fingerprint density at radius 1 is 1.03 bits per heavy atom. The minimum Gasteiger partial charge on any atom is -0.303 e. The van der Waals surface area contributed by atoms with E-state index < -0.39 is 10.0 Å². The summed E-state index contributed by atoms with van der Waals surface area (Å²) in [6.45, 7) is 3.62. The summed E-state index contributed by atoms with van der Waals surface area (Å²) in [7, 11) is -1.87. The Kier molecular flexibility index (Phi) is 11.4. The smallest absolute Gasteiger partial charge is 0.243 e. The third-order valence-electron chi connectivity index (χ3n) is 6.65. The molecule has 0 radical (unpaired) electrons. The number of fused-ring (bicyclic) bond motifs is 1. The Morgan fingerprint density at radius 3 is 2.46 bits per heavy atom. The third kappa shape index (κ3) is 7.61. The predicted molar refractivity (Wildman–Crippen MR) is 145 cm³/mol. The van der Waals surface area contributed by atoms with Crippen molar-refractivity contribution in [1.29, 1.82) is 0 Å². The van der Waals surface area contributed by atoms with Gasteiger partial charge >= 0.3 is 0 Å². The maximum absolute atomic E-state index is 13.3. The minimum atomic E-state index is -3.56. The number of pyridine rings is 1. The number of likely N-dealkylation sites (tertiary alicyclic amines) is 1. The lowest BCUT2D eigenvalue weighted by Crippen LogP contribution is -2.39. The first-order chi connectivity index (χ1) is 15.9. The van der Waals surface area contributed by atoms with Crippen molar-refractivity contribution in [2.75, 3.05) is 33.2 Å². The van der Waals surface area contributed by atoms with Crippen molar-refractivity contribution in [2.45, 2.75) is 37.0 Å². The van der Waals surface area contributed by atoms with E-state index in [1.165, 1.54) is 22.0 Å². The van der Waals surface area contributed by atoms with E-state index in [-0.39, 0.29) is 30.6 Å². The molecule has 1 saturated heterocycles.